The largest absolute Gasteiger partial charge is 0.457 e. The Hall–Kier alpha value is -2.07. The monoisotopic (exact) mass is 409 g/mol. The van der Waals surface area contributed by atoms with E-state index in [0.717, 1.165) is 11.3 Å². The number of ether oxygens (including phenoxy) is 2. The van der Waals surface area contributed by atoms with Crippen molar-refractivity contribution < 1.29 is 27.5 Å². The van der Waals surface area contributed by atoms with Crippen molar-refractivity contribution >= 4 is 33.1 Å². The molecular weight excluding hydrogens is 390 g/mol. The number of carbonyl (C=O) groups excluding carboxylic acids is 2. The third kappa shape index (κ3) is 5.01. The van der Waals surface area contributed by atoms with Gasteiger partial charge in [-0.3, -0.25) is 9.59 Å². The maximum Gasteiger partial charge on any atom is 0.311 e. The quantitative estimate of drug-likeness (QED) is 0.511. The number of hydrogen-bond donors (Lipinski definition) is 0. The van der Waals surface area contributed by atoms with Crippen LogP contribution in [0.25, 0.3) is 0 Å². The van der Waals surface area contributed by atoms with Crippen molar-refractivity contribution in [1.82, 2.24) is 4.31 Å². The van der Waals surface area contributed by atoms with E-state index in [1.807, 2.05) is 0 Å². The van der Waals surface area contributed by atoms with Gasteiger partial charge in [0.15, 0.2) is 12.4 Å². The third-order valence-corrected chi connectivity index (χ3v) is 7.43. The van der Waals surface area contributed by atoms with Crippen molar-refractivity contribution in [3.8, 4) is 0 Å². The lowest BCUT2D eigenvalue weighted by molar-refractivity contribution is -0.141. The number of hydrogen-bond acceptors (Lipinski definition) is 7. The lowest BCUT2D eigenvalue weighted by Gasteiger charge is -2.25. The highest BCUT2D eigenvalue weighted by atomic mass is 32.2. The summed E-state index contributed by atoms with van der Waals surface area (Å²) in [6, 6.07) is 11.7. The molecule has 1 fully saturated rings. The Balaban J connectivity index is 1.55. The maximum atomic E-state index is 12.6. The lowest BCUT2D eigenvalue weighted by Crippen LogP contribution is -2.40. The Morgan fingerprint density at radius 2 is 1.78 bits per heavy atom. The second-order valence-corrected chi connectivity index (χ2v) is 9.20. The van der Waals surface area contributed by atoms with Crippen molar-refractivity contribution in [2.45, 2.75) is 10.6 Å². The van der Waals surface area contributed by atoms with Crippen LogP contribution in [0.15, 0.2) is 46.7 Å². The van der Waals surface area contributed by atoms with Crippen LogP contribution in [-0.4, -0.2) is 57.4 Å². The smallest absolute Gasteiger partial charge is 0.311 e. The van der Waals surface area contributed by atoms with Crippen LogP contribution in [0.2, 0.25) is 0 Å². The van der Waals surface area contributed by atoms with Crippen molar-refractivity contribution in [3.05, 3.63) is 52.9 Å². The van der Waals surface area contributed by atoms with E-state index < -0.39 is 16.0 Å². The first-order valence-corrected chi connectivity index (χ1v) is 10.6. The summed E-state index contributed by atoms with van der Waals surface area (Å²) in [4.78, 5) is 24.5. The highest BCUT2D eigenvalue weighted by molar-refractivity contribution is 7.91. The van der Waals surface area contributed by atoms with Crippen molar-refractivity contribution in [1.29, 1.82) is 0 Å². The highest BCUT2D eigenvalue weighted by Crippen LogP contribution is 2.26. The number of ketones is 1. The minimum atomic E-state index is -3.57. The van der Waals surface area contributed by atoms with E-state index in [4.69, 9.17) is 9.47 Å². The fraction of sp³-hybridized carbons (Fsp3) is 0.333. The van der Waals surface area contributed by atoms with Gasteiger partial charge in [-0.25, -0.2) is 8.42 Å². The Bertz CT molecular complexity index is 901. The number of benzene rings is 1. The normalized spacial score (nSPS) is 15.4. The van der Waals surface area contributed by atoms with Gasteiger partial charge in [0.05, 0.1) is 19.6 Å². The average molecular weight is 409 g/mol. The second kappa shape index (κ2) is 8.75. The molecule has 1 aromatic carbocycles. The van der Waals surface area contributed by atoms with Gasteiger partial charge in [-0.1, -0.05) is 30.3 Å². The van der Waals surface area contributed by atoms with Crippen LogP contribution in [0, 0.1) is 0 Å². The van der Waals surface area contributed by atoms with Gasteiger partial charge in [0.1, 0.15) is 4.21 Å². The summed E-state index contributed by atoms with van der Waals surface area (Å²) < 4.78 is 36.9. The molecule has 0 saturated carbocycles. The van der Waals surface area contributed by atoms with E-state index in [1.54, 1.807) is 36.4 Å². The van der Waals surface area contributed by atoms with Gasteiger partial charge < -0.3 is 9.47 Å². The maximum absolute atomic E-state index is 12.6. The molecule has 9 heteroatoms. The summed E-state index contributed by atoms with van der Waals surface area (Å²) in [6.07, 6.45) is -0.0780. The zero-order valence-corrected chi connectivity index (χ0v) is 16.1. The summed E-state index contributed by atoms with van der Waals surface area (Å²) in [7, 11) is -3.57. The van der Waals surface area contributed by atoms with Crippen molar-refractivity contribution in [2.24, 2.45) is 0 Å². The van der Waals surface area contributed by atoms with Gasteiger partial charge in [-0.15, -0.1) is 11.3 Å². The molecule has 1 aliphatic heterocycles. The van der Waals surface area contributed by atoms with E-state index >= 15 is 0 Å². The molecule has 2 heterocycles. The van der Waals surface area contributed by atoms with Crippen LogP contribution in [-0.2, 0) is 30.7 Å². The molecule has 0 unspecified atom stereocenters. The Kier molecular flexibility index (Phi) is 6.38. The van der Waals surface area contributed by atoms with E-state index in [2.05, 4.69) is 0 Å². The topological polar surface area (TPSA) is 90.0 Å². The second-order valence-electron chi connectivity index (χ2n) is 5.86. The number of thiophene rings is 1. The number of rotatable bonds is 7. The number of carbonyl (C=O) groups is 2. The molecular formula is C18H19NO6S2. The zero-order valence-electron chi connectivity index (χ0n) is 14.5. The van der Waals surface area contributed by atoms with Gasteiger partial charge in [0.25, 0.3) is 10.0 Å². The van der Waals surface area contributed by atoms with Crippen LogP contribution in [0.3, 0.4) is 0 Å². The van der Waals surface area contributed by atoms with Crippen LogP contribution in [0.1, 0.15) is 15.2 Å². The van der Waals surface area contributed by atoms with Gasteiger partial charge >= 0.3 is 5.97 Å². The minimum absolute atomic E-state index is 0.0780. The molecule has 1 saturated heterocycles. The van der Waals surface area contributed by atoms with E-state index in [0.29, 0.717) is 36.7 Å². The van der Waals surface area contributed by atoms with Crippen LogP contribution < -0.4 is 0 Å². The number of esters is 1. The van der Waals surface area contributed by atoms with E-state index in [1.165, 1.54) is 10.4 Å². The summed E-state index contributed by atoms with van der Waals surface area (Å²) >= 11 is 1.04. The molecule has 0 spiro atoms. The van der Waals surface area contributed by atoms with Gasteiger partial charge in [0, 0.05) is 23.5 Å². The molecule has 0 N–H and O–H groups in total. The molecule has 1 aliphatic rings. The fourth-order valence-corrected chi connectivity index (χ4v) is 5.46. The number of nitrogens with zero attached hydrogens (tertiary/aromatic N) is 1. The Morgan fingerprint density at radius 3 is 2.48 bits per heavy atom. The number of sulfonamides is 1. The predicted octanol–water partition coefficient (Wildman–Crippen LogP) is 1.74. The van der Waals surface area contributed by atoms with E-state index in [9.17, 15) is 18.0 Å². The highest BCUT2D eigenvalue weighted by Gasteiger charge is 2.28. The van der Waals surface area contributed by atoms with Gasteiger partial charge in [-0.05, 0) is 12.1 Å². The van der Waals surface area contributed by atoms with Gasteiger partial charge in [0.2, 0.25) is 0 Å². The Labute approximate surface area is 161 Å². The predicted molar refractivity (Wildman–Crippen MR) is 99.3 cm³/mol. The zero-order chi connectivity index (χ0) is 19.3. The standard InChI is InChI=1S/C18H19NO6S2/c20-16(14-4-2-1-3-5-14)13-25-17(21)12-15-6-7-18(26-15)27(22,23)19-8-10-24-11-9-19/h1-7H,8-13H2. The lowest BCUT2D eigenvalue weighted by atomic mass is 10.1. The molecule has 7 nitrogen and oxygen atoms in total. The SMILES string of the molecule is O=C(Cc1ccc(S(=O)(=O)N2CCOCC2)s1)OCC(=O)c1ccccc1. The van der Waals surface area contributed by atoms with Crippen LogP contribution in [0.5, 0.6) is 0 Å². The molecule has 0 amide bonds. The number of Topliss-reactive ketones (excluding diaryl/α,β-unsaturated/α-hetero) is 1. The first-order valence-electron chi connectivity index (χ1n) is 8.37. The molecule has 1 aromatic heterocycles. The fourth-order valence-electron chi connectivity index (χ4n) is 2.55. The summed E-state index contributed by atoms with van der Waals surface area (Å²) in [5.41, 5.74) is 0.473. The van der Waals surface area contributed by atoms with E-state index in [-0.39, 0.29) is 23.0 Å². The first-order chi connectivity index (χ1) is 13.0. The number of morpholine rings is 1. The minimum Gasteiger partial charge on any atom is -0.457 e. The molecule has 2 aromatic rings. The molecule has 0 radical (unpaired) electrons. The average Bonchev–Trinajstić information content (AvgIpc) is 3.17. The third-order valence-electron chi connectivity index (χ3n) is 3.98. The molecule has 0 aliphatic carbocycles. The Morgan fingerprint density at radius 1 is 1.07 bits per heavy atom. The molecule has 3 rings (SSSR count). The molecule has 0 bridgehead atoms. The van der Waals surface area contributed by atoms with Crippen molar-refractivity contribution in [3.63, 3.8) is 0 Å². The molecule has 0 atom stereocenters. The molecule has 144 valence electrons. The summed E-state index contributed by atoms with van der Waals surface area (Å²) in [5, 5.41) is 0. The van der Waals surface area contributed by atoms with Gasteiger partial charge in [-0.2, -0.15) is 4.31 Å². The summed E-state index contributed by atoms with van der Waals surface area (Å²) in [6.45, 7) is 1.05. The summed E-state index contributed by atoms with van der Waals surface area (Å²) in [5.74, 6) is -0.859. The van der Waals surface area contributed by atoms with Crippen molar-refractivity contribution in [2.75, 3.05) is 32.9 Å². The first kappa shape index (κ1) is 19.7. The van der Waals surface area contributed by atoms with Crippen LogP contribution >= 0.6 is 11.3 Å². The molecule has 27 heavy (non-hydrogen) atoms. The van der Waals surface area contributed by atoms with Crippen LogP contribution in [0.4, 0.5) is 0 Å².